The molecule has 0 bridgehead atoms. The van der Waals surface area contributed by atoms with Gasteiger partial charge in [0.05, 0.1) is 13.7 Å². The smallest absolute Gasteiger partial charge is 0.341 e. The minimum atomic E-state index is -0.361. The van der Waals surface area contributed by atoms with Crippen molar-refractivity contribution in [1.29, 1.82) is 0 Å². The molecule has 1 atom stereocenters. The number of carbonyl (C=O) groups is 1. The van der Waals surface area contributed by atoms with E-state index < -0.39 is 0 Å². The molecule has 2 aromatic rings. The van der Waals surface area contributed by atoms with Gasteiger partial charge in [-0.2, -0.15) is 0 Å². The number of benzene rings is 1. The van der Waals surface area contributed by atoms with Gasteiger partial charge < -0.3 is 14.5 Å². The highest BCUT2D eigenvalue weighted by atomic mass is 16.5. The Balaban J connectivity index is 1.89. The highest BCUT2D eigenvalue weighted by Gasteiger charge is 2.15. The summed E-state index contributed by atoms with van der Waals surface area (Å²) in [6.07, 6.45) is 0.949. The van der Waals surface area contributed by atoms with Crippen molar-refractivity contribution in [1.82, 2.24) is 5.32 Å². The minimum Gasteiger partial charge on any atom is -0.465 e. The van der Waals surface area contributed by atoms with Gasteiger partial charge in [-0.3, -0.25) is 0 Å². The van der Waals surface area contributed by atoms with Crippen LogP contribution in [0.1, 0.15) is 34.4 Å². The number of hydrogen-bond acceptors (Lipinski definition) is 4. The Kier molecular flexibility index (Phi) is 5.17. The molecule has 1 aromatic heterocycles. The van der Waals surface area contributed by atoms with Crippen LogP contribution in [-0.4, -0.2) is 19.1 Å². The third kappa shape index (κ3) is 4.20. The molecular formula is C17H21NO3. The van der Waals surface area contributed by atoms with E-state index in [2.05, 4.69) is 24.4 Å². The van der Waals surface area contributed by atoms with Crippen LogP contribution in [0.25, 0.3) is 0 Å². The predicted molar refractivity (Wildman–Crippen MR) is 81.2 cm³/mol. The Morgan fingerprint density at radius 1 is 1.33 bits per heavy atom. The number of furan rings is 1. The lowest BCUT2D eigenvalue weighted by molar-refractivity contribution is 0.0599. The summed E-state index contributed by atoms with van der Waals surface area (Å²) in [6, 6.07) is 12.4. The van der Waals surface area contributed by atoms with Crippen molar-refractivity contribution in [3.63, 3.8) is 0 Å². The maximum absolute atomic E-state index is 11.5. The standard InChI is InChI=1S/C17H21NO3/c1-12(9-14-7-5-4-6-8-14)18-11-15-10-16(13(2)21-15)17(19)20-3/h4-8,10,12,18H,9,11H2,1-3H3. The minimum absolute atomic E-state index is 0.319. The van der Waals surface area contributed by atoms with E-state index in [1.54, 1.807) is 13.0 Å². The monoisotopic (exact) mass is 287 g/mol. The topological polar surface area (TPSA) is 51.5 Å². The number of ether oxygens (including phenoxy) is 1. The highest BCUT2D eigenvalue weighted by molar-refractivity contribution is 5.90. The molecule has 21 heavy (non-hydrogen) atoms. The van der Waals surface area contributed by atoms with Crippen molar-refractivity contribution >= 4 is 5.97 Å². The van der Waals surface area contributed by atoms with Gasteiger partial charge in [-0.25, -0.2) is 4.79 Å². The van der Waals surface area contributed by atoms with Gasteiger partial charge in [-0.1, -0.05) is 30.3 Å². The first-order valence-electron chi connectivity index (χ1n) is 7.05. The van der Waals surface area contributed by atoms with Gasteiger partial charge in [0.1, 0.15) is 17.1 Å². The molecule has 0 aliphatic rings. The average Bonchev–Trinajstić information content (AvgIpc) is 2.86. The van der Waals surface area contributed by atoms with Gasteiger partial charge >= 0.3 is 5.97 Å². The Hall–Kier alpha value is -2.07. The van der Waals surface area contributed by atoms with E-state index in [4.69, 9.17) is 9.15 Å². The van der Waals surface area contributed by atoms with Crippen LogP contribution in [0.15, 0.2) is 40.8 Å². The number of rotatable bonds is 6. The average molecular weight is 287 g/mol. The molecule has 0 spiro atoms. The fourth-order valence-electron chi connectivity index (χ4n) is 2.26. The summed E-state index contributed by atoms with van der Waals surface area (Å²) in [5, 5.41) is 3.40. The molecule has 0 radical (unpaired) electrons. The number of aryl methyl sites for hydroxylation is 1. The van der Waals surface area contributed by atoms with Crippen LogP contribution in [0.5, 0.6) is 0 Å². The van der Waals surface area contributed by atoms with E-state index in [1.165, 1.54) is 12.7 Å². The lowest BCUT2D eigenvalue weighted by Gasteiger charge is -2.12. The zero-order valence-electron chi connectivity index (χ0n) is 12.7. The number of nitrogens with one attached hydrogen (secondary N) is 1. The zero-order valence-corrected chi connectivity index (χ0v) is 12.7. The summed E-state index contributed by atoms with van der Waals surface area (Å²) in [5.41, 5.74) is 1.79. The molecule has 1 heterocycles. The Labute approximate surface area is 125 Å². The molecule has 0 saturated carbocycles. The molecule has 1 aromatic carbocycles. The van der Waals surface area contributed by atoms with Gasteiger partial charge in [-0.15, -0.1) is 0 Å². The maximum Gasteiger partial charge on any atom is 0.341 e. The van der Waals surface area contributed by atoms with Gasteiger partial charge in [0, 0.05) is 6.04 Å². The number of carbonyl (C=O) groups excluding carboxylic acids is 1. The van der Waals surface area contributed by atoms with E-state index in [9.17, 15) is 4.79 Å². The van der Waals surface area contributed by atoms with E-state index in [0.717, 1.165) is 12.2 Å². The summed E-state index contributed by atoms with van der Waals surface area (Å²) in [5.74, 6) is 0.974. The first kappa shape index (κ1) is 15.3. The highest BCUT2D eigenvalue weighted by Crippen LogP contribution is 2.15. The molecular weight excluding hydrogens is 266 g/mol. The molecule has 1 unspecified atom stereocenters. The quantitative estimate of drug-likeness (QED) is 0.829. The zero-order chi connectivity index (χ0) is 15.2. The van der Waals surface area contributed by atoms with Gasteiger partial charge in [0.25, 0.3) is 0 Å². The second-order valence-electron chi connectivity index (χ2n) is 5.15. The Morgan fingerprint density at radius 3 is 2.71 bits per heavy atom. The fourth-order valence-corrected chi connectivity index (χ4v) is 2.26. The SMILES string of the molecule is COC(=O)c1cc(CNC(C)Cc2ccccc2)oc1C. The molecule has 0 saturated heterocycles. The molecule has 112 valence electrons. The van der Waals surface area contributed by atoms with E-state index in [1.807, 2.05) is 18.2 Å². The van der Waals surface area contributed by atoms with Crippen molar-refractivity contribution in [3.8, 4) is 0 Å². The van der Waals surface area contributed by atoms with Crippen LogP contribution in [0, 0.1) is 6.92 Å². The van der Waals surface area contributed by atoms with E-state index in [-0.39, 0.29) is 5.97 Å². The number of methoxy groups -OCH3 is 1. The van der Waals surface area contributed by atoms with Crippen molar-refractivity contribution < 1.29 is 13.9 Å². The van der Waals surface area contributed by atoms with Gasteiger partial charge in [-0.05, 0) is 31.9 Å². The molecule has 0 fully saturated rings. The van der Waals surface area contributed by atoms with Crippen molar-refractivity contribution in [2.24, 2.45) is 0 Å². The van der Waals surface area contributed by atoms with Crippen LogP contribution < -0.4 is 5.32 Å². The van der Waals surface area contributed by atoms with Crippen LogP contribution in [0.3, 0.4) is 0 Å². The van der Waals surface area contributed by atoms with Crippen LogP contribution >= 0.6 is 0 Å². The second-order valence-corrected chi connectivity index (χ2v) is 5.15. The second kappa shape index (κ2) is 7.09. The van der Waals surface area contributed by atoms with Crippen LogP contribution in [0.2, 0.25) is 0 Å². The molecule has 0 aliphatic carbocycles. The fraction of sp³-hybridized carbons (Fsp3) is 0.353. The van der Waals surface area contributed by atoms with Gasteiger partial charge in [0.15, 0.2) is 0 Å². The Morgan fingerprint density at radius 2 is 2.05 bits per heavy atom. The predicted octanol–water partition coefficient (Wildman–Crippen LogP) is 3.10. The summed E-state index contributed by atoms with van der Waals surface area (Å²) in [6.45, 7) is 4.49. The molecule has 4 nitrogen and oxygen atoms in total. The normalized spacial score (nSPS) is 12.1. The third-order valence-electron chi connectivity index (χ3n) is 3.38. The summed E-state index contributed by atoms with van der Waals surface area (Å²) in [7, 11) is 1.37. The summed E-state index contributed by atoms with van der Waals surface area (Å²) < 4.78 is 10.3. The number of hydrogen-bond donors (Lipinski definition) is 1. The largest absolute Gasteiger partial charge is 0.465 e. The molecule has 4 heteroatoms. The summed E-state index contributed by atoms with van der Waals surface area (Å²) >= 11 is 0. The lowest BCUT2D eigenvalue weighted by Crippen LogP contribution is -2.27. The molecule has 2 rings (SSSR count). The molecule has 0 aliphatic heterocycles. The van der Waals surface area contributed by atoms with E-state index in [0.29, 0.717) is 23.9 Å². The third-order valence-corrected chi connectivity index (χ3v) is 3.38. The maximum atomic E-state index is 11.5. The van der Waals surface area contributed by atoms with Crippen molar-refractivity contribution in [2.45, 2.75) is 32.9 Å². The number of esters is 1. The Bertz CT molecular complexity index is 589. The molecule has 1 N–H and O–H groups in total. The lowest BCUT2D eigenvalue weighted by atomic mass is 10.1. The van der Waals surface area contributed by atoms with E-state index >= 15 is 0 Å². The van der Waals surface area contributed by atoms with Crippen LogP contribution in [0.4, 0.5) is 0 Å². The first-order valence-corrected chi connectivity index (χ1v) is 7.05. The summed E-state index contributed by atoms with van der Waals surface area (Å²) in [4.78, 5) is 11.5. The molecule has 0 amide bonds. The van der Waals surface area contributed by atoms with Crippen LogP contribution in [-0.2, 0) is 17.7 Å². The van der Waals surface area contributed by atoms with Crippen molar-refractivity contribution in [3.05, 3.63) is 59.0 Å². The first-order chi connectivity index (χ1) is 10.1. The van der Waals surface area contributed by atoms with Crippen molar-refractivity contribution in [2.75, 3.05) is 7.11 Å². The van der Waals surface area contributed by atoms with Gasteiger partial charge in [0.2, 0.25) is 0 Å².